The Bertz CT molecular complexity index is 544. The van der Waals surface area contributed by atoms with E-state index in [0.29, 0.717) is 11.4 Å². The Morgan fingerprint density at radius 1 is 1.44 bits per heavy atom. The number of benzene rings is 1. The highest BCUT2D eigenvalue weighted by Gasteiger charge is 2.23. The molecule has 1 aromatic rings. The van der Waals surface area contributed by atoms with E-state index in [4.69, 9.17) is 5.11 Å². The SMILES string of the molecule is CC1Sc2ccc(NC(=O)C(=O)O)cc2NC1=O. The van der Waals surface area contributed by atoms with Gasteiger partial charge in [0.1, 0.15) is 0 Å². The van der Waals surface area contributed by atoms with Crippen LogP contribution in [-0.2, 0) is 14.4 Å². The molecule has 1 unspecified atom stereocenters. The second kappa shape index (κ2) is 4.69. The summed E-state index contributed by atoms with van der Waals surface area (Å²) in [6.07, 6.45) is 0. The molecule has 0 aliphatic carbocycles. The summed E-state index contributed by atoms with van der Waals surface area (Å²) in [5, 5.41) is 13.2. The van der Waals surface area contributed by atoms with E-state index in [1.54, 1.807) is 19.1 Å². The Morgan fingerprint density at radius 2 is 2.17 bits per heavy atom. The number of carboxylic acids is 1. The number of carbonyl (C=O) groups is 3. The molecule has 1 heterocycles. The van der Waals surface area contributed by atoms with Gasteiger partial charge in [-0.3, -0.25) is 9.59 Å². The third kappa shape index (κ3) is 2.45. The van der Waals surface area contributed by atoms with Crippen LogP contribution in [0.3, 0.4) is 0 Å². The Balaban J connectivity index is 2.22. The average Bonchev–Trinajstić information content (AvgIpc) is 2.31. The first-order valence-corrected chi connectivity index (χ1v) is 6.01. The number of amides is 2. The monoisotopic (exact) mass is 266 g/mol. The van der Waals surface area contributed by atoms with Crippen molar-refractivity contribution in [1.29, 1.82) is 0 Å². The smallest absolute Gasteiger partial charge is 0.394 e. The Labute approximate surface area is 107 Å². The predicted molar refractivity (Wildman–Crippen MR) is 66.7 cm³/mol. The molecule has 0 fully saturated rings. The predicted octanol–water partition coefficient (Wildman–Crippen LogP) is 1.14. The average molecular weight is 266 g/mol. The first-order chi connectivity index (χ1) is 8.47. The summed E-state index contributed by atoms with van der Waals surface area (Å²) in [7, 11) is 0. The van der Waals surface area contributed by atoms with E-state index < -0.39 is 11.9 Å². The van der Waals surface area contributed by atoms with Gasteiger partial charge >= 0.3 is 11.9 Å². The van der Waals surface area contributed by atoms with E-state index in [0.717, 1.165) is 4.90 Å². The van der Waals surface area contributed by atoms with Crippen molar-refractivity contribution in [3.05, 3.63) is 18.2 Å². The van der Waals surface area contributed by atoms with E-state index in [1.807, 2.05) is 0 Å². The van der Waals surface area contributed by atoms with E-state index in [-0.39, 0.29) is 11.2 Å². The maximum atomic E-state index is 11.5. The molecule has 2 rings (SSSR count). The zero-order valence-corrected chi connectivity index (χ0v) is 10.2. The minimum atomic E-state index is -1.56. The minimum Gasteiger partial charge on any atom is -0.474 e. The second-order valence-electron chi connectivity index (χ2n) is 3.72. The van der Waals surface area contributed by atoms with Gasteiger partial charge in [-0.1, -0.05) is 0 Å². The van der Waals surface area contributed by atoms with Gasteiger partial charge < -0.3 is 15.7 Å². The topological polar surface area (TPSA) is 95.5 Å². The van der Waals surface area contributed by atoms with Crippen LogP contribution in [0.2, 0.25) is 0 Å². The highest BCUT2D eigenvalue weighted by atomic mass is 32.2. The number of thioether (sulfide) groups is 1. The third-order valence-electron chi connectivity index (χ3n) is 2.36. The van der Waals surface area contributed by atoms with Gasteiger partial charge in [0.2, 0.25) is 5.91 Å². The molecule has 94 valence electrons. The minimum absolute atomic E-state index is 0.116. The van der Waals surface area contributed by atoms with Crippen LogP contribution in [0.4, 0.5) is 11.4 Å². The fourth-order valence-electron chi connectivity index (χ4n) is 1.47. The van der Waals surface area contributed by atoms with Crippen LogP contribution in [0.1, 0.15) is 6.92 Å². The van der Waals surface area contributed by atoms with E-state index >= 15 is 0 Å². The summed E-state index contributed by atoms with van der Waals surface area (Å²) in [4.78, 5) is 33.8. The van der Waals surface area contributed by atoms with Crippen molar-refractivity contribution in [2.75, 3.05) is 10.6 Å². The zero-order valence-electron chi connectivity index (χ0n) is 9.39. The number of hydrogen-bond donors (Lipinski definition) is 3. The molecule has 0 saturated heterocycles. The van der Waals surface area contributed by atoms with Crippen LogP contribution < -0.4 is 10.6 Å². The number of hydrogen-bond acceptors (Lipinski definition) is 4. The molecule has 0 bridgehead atoms. The van der Waals surface area contributed by atoms with Gasteiger partial charge in [-0.15, -0.1) is 11.8 Å². The van der Waals surface area contributed by atoms with Gasteiger partial charge in [-0.25, -0.2) is 4.79 Å². The molecule has 0 aromatic heterocycles. The molecule has 3 N–H and O–H groups in total. The van der Waals surface area contributed by atoms with Crippen molar-refractivity contribution in [3.8, 4) is 0 Å². The number of carboxylic acid groups (broad SMARTS) is 1. The van der Waals surface area contributed by atoms with Crippen molar-refractivity contribution in [3.63, 3.8) is 0 Å². The molecule has 2 amide bonds. The summed E-state index contributed by atoms with van der Waals surface area (Å²) in [6.45, 7) is 1.79. The first kappa shape index (κ1) is 12.4. The zero-order chi connectivity index (χ0) is 13.3. The maximum absolute atomic E-state index is 11.5. The number of aliphatic carboxylic acids is 1. The maximum Gasteiger partial charge on any atom is 0.394 e. The van der Waals surface area contributed by atoms with Crippen LogP contribution in [0.25, 0.3) is 0 Å². The lowest BCUT2D eigenvalue weighted by Gasteiger charge is -2.21. The Morgan fingerprint density at radius 3 is 2.83 bits per heavy atom. The third-order valence-corrected chi connectivity index (χ3v) is 3.54. The molecule has 0 saturated carbocycles. The van der Waals surface area contributed by atoms with Crippen LogP contribution in [0.5, 0.6) is 0 Å². The van der Waals surface area contributed by atoms with Gasteiger partial charge in [0.05, 0.1) is 10.9 Å². The lowest BCUT2D eigenvalue weighted by atomic mass is 10.2. The van der Waals surface area contributed by atoms with Gasteiger partial charge in [0, 0.05) is 10.6 Å². The Kier molecular flexibility index (Phi) is 3.24. The van der Waals surface area contributed by atoms with Gasteiger partial charge in [0.25, 0.3) is 0 Å². The van der Waals surface area contributed by atoms with Crippen molar-refractivity contribution in [1.82, 2.24) is 0 Å². The molecule has 1 aliphatic heterocycles. The van der Waals surface area contributed by atoms with Crippen LogP contribution >= 0.6 is 11.8 Å². The normalized spacial score (nSPS) is 17.6. The molecular weight excluding hydrogens is 256 g/mol. The van der Waals surface area contributed by atoms with Gasteiger partial charge in [-0.05, 0) is 25.1 Å². The summed E-state index contributed by atoms with van der Waals surface area (Å²) in [5.41, 5.74) is 0.905. The molecule has 6 nitrogen and oxygen atoms in total. The van der Waals surface area contributed by atoms with Gasteiger partial charge in [0.15, 0.2) is 0 Å². The fraction of sp³-hybridized carbons (Fsp3) is 0.182. The summed E-state index contributed by atoms with van der Waals surface area (Å²) in [6, 6.07) is 4.86. The number of rotatable bonds is 1. The molecule has 18 heavy (non-hydrogen) atoms. The van der Waals surface area contributed by atoms with Crippen molar-refractivity contribution < 1.29 is 19.5 Å². The lowest BCUT2D eigenvalue weighted by Crippen LogP contribution is -2.27. The van der Waals surface area contributed by atoms with Crippen molar-refractivity contribution in [2.24, 2.45) is 0 Å². The van der Waals surface area contributed by atoms with Crippen molar-refractivity contribution in [2.45, 2.75) is 17.1 Å². The largest absolute Gasteiger partial charge is 0.474 e. The van der Waals surface area contributed by atoms with E-state index in [9.17, 15) is 14.4 Å². The first-order valence-electron chi connectivity index (χ1n) is 5.13. The van der Waals surface area contributed by atoms with Crippen LogP contribution in [-0.4, -0.2) is 28.1 Å². The molecule has 7 heteroatoms. The number of nitrogens with one attached hydrogen (secondary N) is 2. The quantitative estimate of drug-likeness (QED) is 0.662. The number of fused-ring (bicyclic) bond motifs is 1. The lowest BCUT2D eigenvalue weighted by molar-refractivity contribution is -0.147. The second-order valence-corrected chi connectivity index (χ2v) is 5.10. The summed E-state index contributed by atoms with van der Waals surface area (Å²) in [5.74, 6) is -2.79. The Hall–Kier alpha value is -2.02. The highest BCUT2D eigenvalue weighted by Crippen LogP contribution is 2.36. The van der Waals surface area contributed by atoms with Crippen LogP contribution in [0, 0.1) is 0 Å². The summed E-state index contributed by atoms with van der Waals surface area (Å²) >= 11 is 1.41. The molecule has 0 spiro atoms. The molecule has 1 atom stereocenters. The number of carbonyl (C=O) groups excluding carboxylic acids is 2. The molecule has 1 aromatic carbocycles. The molecule has 0 radical (unpaired) electrons. The van der Waals surface area contributed by atoms with Crippen molar-refractivity contribution >= 4 is 40.9 Å². The highest BCUT2D eigenvalue weighted by molar-refractivity contribution is 8.00. The van der Waals surface area contributed by atoms with Gasteiger partial charge in [-0.2, -0.15) is 0 Å². The van der Waals surface area contributed by atoms with Crippen LogP contribution in [0.15, 0.2) is 23.1 Å². The number of anilines is 2. The van der Waals surface area contributed by atoms with E-state index in [1.165, 1.54) is 17.8 Å². The van der Waals surface area contributed by atoms with E-state index in [2.05, 4.69) is 10.6 Å². The fourth-order valence-corrected chi connectivity index (χ4v) is 2.40. The standard InChI is InChI=1S/C11H10N2O4S/c1-5-9(14)13-7-4-6(2-3-8(7)18-5)12-10(15)11(16)17/h2-5H,1H3,(H,12,15)(H,13,14)(H,16,17). The summed E-state index contributed by atoms with van der Waals surface area (Å²) < 4.78 is 0. The molecule has 1 aliphatic rings. The molecular formula is C11H10N2O4S.